The van der Waals surface area contributed by atoms with Crippen LogP contribution in [0.1, 0.15) is 22.1 Å². The van der Waals surface area contributed by atoms with Gasteiger partial charge in [0.05, 0.1) is 17.1 Å². The van der Waals surface area contributed by atoms with Crippen molar-refractivity contribution in [3.63, 3.8) is 0 Å². The van der Waals surface area contributed by atoms with Gasteiger partial charge < -0.3 is 15.5 Å². The standard InChI is InChI=1S/C12H13N3O2/c1-7-11(17-8(2)14-7)12(16)15-10-6-4-3-5-9(10)13/h3-6H,13H2,1-2H3,(H,15,16). The second-order valence-electron chi connectivity index (χ2n) is 3.69. The summed E-state index contributed by atoms with van der Waals surface area (Å²) < 4.78 is 5.22. The summed E-state index contributed by atoms with van der Waals surface area (Å²) in [6, 6.07) is 7.04. The predicted molar refractivity (Wildman–Crippen MR) is 64.8 cm³/mol. The second kappa shape index (κ2) is 4.29. The van der Waals surface area contributed by atoms with E-state index in [1.165, 1.54) is 0 Å². The topological polar surface area (TPSA) is 81.2 Å². The minimum Gasteiger partial charge on any atom is -0.436 e. The molecule has 2 aromatic rings. The number of hydrogen-bond donors (Lipinski definition) is 2. The first-order valence-corrected chi connectivity index (χ1v) is 5.18. The number of hydrogen-bond acceptors (Lipinski definition) is 4. The van der Waals surface area contributed by atoms with Gasteiger partial charge in [-0.3, -0.25) is 4.79 Å². The highest BCUT2D eigenvalue weighted by atomic mass is 16.4. The van der Waals surface area contributed by atoms with Crippen molar-refractivity contribution in [3.8, 4) is 0 Å². The summed E-state index contributed by atoms with van der Waals surface area (Å²) in [5.74, 6) is 0.334. The first-order valence-electron chi connectivity index (χ1n) is 5.18. The Balaban J connectivity index is 2.23. The van der Waals surface area contributed by atoms with Crippen LogP contribution in [0, 0.1) is 13.8 Å². The molecule has 0 spiro atoms. The molecule has 1 amide bonds. The summed E-state index contributed by atoms with van der Waals surface area (Å²) in [5, 5.41) is 2.68. The Morgan fingerprint density at radius 1 is 1.35 bits per heavy atom. The molecule has 2 rings (SSSR count). The van der Waals surface area contributed by atoms with Gasteiger partial charge in [0, 0.05) is 6.92 Å². The summed E-state index contributed by atoms with van der Waals surface area (Å²) >= 11 is 0. The van der Waals surface area contributed by atoms with E-state index >= 15 is 0 Å². The maximum absolute atomic E-state index is 11.9. The summed E-state index contributed by atoms with van der Waals surface area (Å²) in [4.78, 5) is 15.9. The van der Waals surface area contributed by atoms with E-state index < -0.39 is 0 Å². The van der Waals surface area contributed by atoms with Crippen molar-refractivity contribution < 1.29 is 9.21 Å². The highest BCUT2D eigenvalue weighted by molar-refractivity contribution is 6.04. The number of aryl methyl sites for hydroxylation is 2. The molecular weight excluding hydrogens is 218 g/mol. The van der Waals surface area contributed by atoms with E-state index in [2.05, 4.69) is 10.3 Å². The molecular formula is C12H13N3O2. The van der Waals surface area contributed by atoms with Crippen molar-refractivity contribution in [3.05, 3.63) is 41.6 Å². The fraction of sp³-hybridized carbons (Fsp3) is 0.167. The van der Waals surface area contributed by atoms with Crippen LogP contribution in [0.2, 0.25) is 0 Å². The Hall–Kier alpha value is -2.30. The number of nitrogens with zero attached hydrogens (tertiary/aromatic N) is 1. The quantitative estimate of drug-likeness (QED) is 0.776. The zero-order chi connectivity index (χ0) is 12.4. The van der Waals surface area contributed by atoms with Crippen molar-refractivity contribution in [1.82, 2.24) is 4.98 Å². The van der Waals surface area contributed by atoms with Crippen LogP contribution in [0.4, 0.5) is 11.4 Å². The molecule has 0 unspecified atom stereocenters. The van der Waals surface area contributed by atoms with Gasteiger partial charge in [-0.15, -0.1) is 0 Å². The first-order chi connectivity index (χ1) is 8.08. The zero-order valence-corrected chi connectivity index (χ0v) is 9.65. The minimum absolute atomic E-state index is 0.214. The Morgan fingerprint density at radius 3 is 2.65 bits per heavy atom. The lowest BCUT2D eigenvalue weighted by Crippen LogP contribution is -2.13. The number of oxazole rings is 1. The van der Waals surface area contributed by atoms with Gasteiger partial charge >= 0.3 is 0 Å². The molecule has 0 aliphatic heterocycles. The lowest BCUT2D eigenvalue weighted by Gasteiger charge is -2.05. The Labute approximate surface area is 98.6 Å². The number of carbonyl (C=O) groups is 1. The van der Waals surface area contributed by atoms with Crippen molar-refractivity contribution in [1.29, 1.82) is 0 Å². The Kier molecular flexibility index (Phi) is 2.82. The molecule has 0 aliphatic carbocycles. The van der Waals surface area contributed by atoms with Gasteiger partial charge in [-0.25, -0.2) is 4.98 Å². The molecule has 17 heavy (non-hydrogen) atoms. The molecule has 1 aromatic carbocycles. The average Bonchev–Trinajstić information content (AvgIpc) is 2.61. The van der Waals surface area contributed by atoms with Gasteiger partial charge in [0.15, 0.2) is 5.89 Å². The van der Waals surface area contributed by atoms with Crippen molar-refractivity contribution in [2.45, 2.75) is 13.8 Å². The van der Waals surface area contributed by atoms with Crippen LogP contribution in [0.25, 0.3) is 0 Å². The number of para-hydroxylation sites is 2. The monoisotopic (exact) mass is 231 g/mol. The molecule has 0 fully saturated rings. The number of aromatic nitrogens is 1. The molecule has 1 heterocycles. The number of amides is 1. The smallest absolute Gasteiger partial charge is 0.293 e. The SMILES string of the molecule is Cc1nc(C)c(C(=O)Nc2ccccc2N)o1. The summed E-state index contributed by atoms with van der Waals surface area (Å²) in [7, 11) is 0. The molecule has 0 radical (unpaired) electrons. The van der Waals surface area contributed by atoms with E-state index in [0.29, 0.717) is 23.0 Å². The molecule has 88 valence electrons. The zero-order valence-electron chi connectivity index (χ0n) is 9.65. The molecule has 0 saturated heterocycles. The fourth-order valence-corrected chi connectivity index (χ4v) is 1.53. The van der Waals surface area contributed by atoms with Gasteiger partial charge in [-0.2, -0.15) is 0 Å². The number of rotatable bonds is 2. The van der Waals surface area contributed by atoms with Crippen LogP contribution in [0.3, 0.4) is 0 Å². The van der Waals surface area contributed by atoms with E-state index in [9.17, 15) is 4.79 Å². The van der Waals surface area contributed by atoms with E-state index in [1.54, 1.807) is 38.1 Å². The van der Waals surface area contributed by atoms with Crippen LogP contribution in [0.5, 0.6) is 0 Å². The van der Waals surface area contributed by atoms with Gasteiger partial charge in [-0.05, 0) is 19.1 Å². The van der Waals surface area contributed by atoms with Gasteiger partial charge in [-0.1, -0.05) is 12.1 Å². The maximum atomic E-state index is 11.9. The predicted octanol–water partition coefficient (Wildman–Crippen LogP) is 2.13. The van der Waals surface area contributed by atoms with Crippen molar-refractivity contribution >= 4 is 17.3 Å². The van der Waals surface area contributed by atoms with Crippen LogP contribution >= 0.6 is 0 Å². The Bertz CT molecular complexity index is 561. The minimum atomic E-state index is -0.346. The number of nitrogens with two attached hydrogens (primary N) is 1. The molecule has 0 bridgehead atoms. The Morgan fingerprint density at radius 2 is 2.06 bits per heavy atom. The fourth-order valence-electron chi connectivity index (χ4n) is 1.53. The third-order valence-corrected chi connectivity index (χ3v) is 2.32. The first kappa shape index (κ1) is 11.2. The van der Waals surface area contributed by atoms with Crippen LogP contribution in [-0.4, -0.2) is 10.9 Å². The van der Waals surface area contributed by atoms with E-state index in [0.717, 1.165) is 0 Å². The summed E-state index contributed by atoms with van der Waals surface area (Å²) in [5.41, 5.74) is 7.36. The molecule has 5 nitrogen and oxygen atoms in total. The lowest BCUT2D eigenvalue weighted by molar-refractivity contribution is 0.0994. The largest absolute Gasteiger partial charge is 0.436 e. The van der Waals surface area contributed by atoms with E-state index in [4.69, 9.17) is 10.2 Å². The third-order valence-electron chi connectivity index (χ3n) is 2.32. The van der Waals surface area contributed by atoms with Crippen LogP contribution in [-0.2, 0) is 0 Å². The molecule has 5 heteroatoms. The second-order valence-corrected chi connectivity index (χ2v) is 3.69. The maximum Gasteiger partial charge on any atom is 0.293 e. The average molecular weight is 231 g/mol. The van der Waals surface area contributed by atoms with E-state index in [-0.39, 0.29) is 11.7 Å². The van der Waals surface area contributed by atoms with Crippen molar-refractivity contribution in [2.24, 2.45) is 0 Å². The van der Waals surface area contributed by atoms with Gasteiger partial charge in [0.25, 0.3) is 5.91 Å². The molecule has 0 atom stereocenters. The van der Waals surface area contributed by atoms with Crippen LogP contribution < -0.4 is 11.1 Å². The number of nitrogen functional groups attached to an aromatic ring is 1. The van der Waals surface area contributed by atoms with Crippen molar-refractivity contribution in [2.75, 3.05) is 11.1 Å². The van der Waals surface area contributed by atoms with Gasteiger partial charge in [0.2, 0.25) is 5.76 Å². The highest BCUT2D eigenvalue weighted by Gasteiger charge is 2.16. The number of carbonyl (C=O) groups excluding carboxylic acids is 1. The lowest BCUT2D eigenvalue weighted by atomic mass is 10.2. The number of benzene rings is 1. The summed E-state index contributed by atoms with van der Waals surface area (Å²) in [6.45, 7) is 3.42. The molecule has 1 aromatic heterocycles. The molecule has 0 aliphatic rings. The molecule has 0 saturated carbocycles. The highest BCUT2D eigenvalue weighted by Crippen LogP contribution is 2.19. The van der Waals surface area contributed by atoms with Gasteiger partial charge in [0.1, 0.15) is 0 Å². The third kappa shape index (κ3) is 2.28. The number of nitrogens with one attached hydrogen (secondary N) is 1. The normalized spacial score (nSPS) is 10.2. The molecule has 3 N–H and O–H groups in total. The van der Waals surface area contributed by atoms with E-state index in [1.807, 2.05) is 0 Å². The number of anilines is 2. The summed E-state index contributed by atoms with van der Waals surface area (Å²) in [6.07, 6.45) is 0. The van der Waals surface area contributed by atoms with Crippen LogP contribution in [0.15, 0.2) is 28.7 Å².